The summed E-state index contributed by atoms with van der Waals surface area (Å²) < 4.78 is 49.4. The quantitative estimate of drug-likeness (QED) is 0.662. The van der Waals surface area contributed by atoms with Crippen molar-refractivity contribution in [1.82, 2.24) is 0 Å². The van der Waals surface area contributed by atoms with Crippen molar-refractivity contribution in [2.45, 2.75) is 51.8 Å². The third-order valence-corrected chi connectivity index (χ3v) is 5.19. The zero-order valence-corrected chi connectivity index (χ0v) is 15.7. The molecular weight excluding hydrogens is 361 g/mol. The molecular formula is C20H27F3O4. The van der Waals surface area contributed by atoms with Gasteiger partial charge >= 0.3 is 12.1 Å². The summed E-state index contributed by atoms with van der Waals surface area (Å²) in [4.78, 5) is 11.2. The van der Waals surface area contributed by atoms with Crippen LogP contribution >= 0.6 is 0 Å². The van der Waals surface area contributed by atoms with E-state index in [-0.39, 0.29) is 18.8 Å². The highest BCUT2D eigenvalue weighted by molar-refractivity contribution is 5.70. The molecule has 0 spiro atoms. The Morgan fingerprint density at radius 1 is 1.19 bits per heavy atom. The molecule has 7 heteroatoms. The van der Waals surface area contributed by atoms with Crippen molar-refractivity contribution in [3.63, 3.8) is 0 Å². The normalized spacial score (nSPS) is 22.9. The van der Waals surface area contributed by atoms with Crippen LogP contribution in [0.3, 0.4) is 0 Å². The lowest BCUT2D eigenvalue weighted by Crippen LogP contribution is -2.29. The zero-order chi connectivity index (χ0) is 20.0. The maximum Gasteiger partial charge on any atom is 0.391 e. The van der Waals surface area contributed by atoms with E-state index in [9.17, 15) is 23.1 Å². The molecule has 152 valence electrons. The minimum Gasteiger partial charge on any atom is -0.493 e. The summed E-state index contributed by atoms with van der Waals surface area (Å²) >= 11 is 0. The molecule has 1 aliphatic rings. The maximum atomic E-state index is 12.7. The highest BCUT2D eigenvalue weighted by atomic mass is 19.4. The molecule has 1 N–H and O–H groups in total. The molecule has 1 aliphatic carbocycles. The minimum absolute atomic E-state index is 0.131. The van der Waals surface area contributed by atoms with E-state index in [1.807, 2.05) is 6.92 Å². The van der Waals surface area contributed by atoms with E-state index in [0.717, 1.165) is 5.56 Å². The molecule has 1 unspecified atom stereocenters. The molecule has 1 saturated carbocycles. The molecule has 0 aromatic heterocycles. The Bertz CT molecular complexity index is 592. The molecule has 4 nitrogen and oxygen atoms in total. The second-order valence-electron chi connectivity index (χ2n) is 7.14. The number of carboxylic acids is 1. The van der Waals surface area contributed by atoms with Crippen LogP contribution in [0, 0.1) is 17.8 Å². The molecule has 27 heavy (non-hydrogen) atoms. The third kappa shape index (κ3) is 6.13. The maximum absolute atomic E-state index is 12.7. The van der Waals surface area contributed by atoms with Gasteiger partial charge in [0.05, 0.1) is 24.5 Å². The summed E-state index contributed by atoms with van der Waals surface area (Å²) in [7, 11) is 0. The smallest absolute Gasteiger partial charge is 0.391 e. The number of hydrogen-bond donors (Lipinski definition) is 1. The number of alkyl halides is 3. The Balaban J connectivity index is 1.88. The van der Waals surface area contributed by atoms with Crippen LogP contribution in [0.25, 0.3) is 0 Å². The van der Waals surface area contributed by atoms with Gasteiger partial charge in [0.25, 0.3) is 0 Å². The van der Waals surface area contributed by atoms with Gasteiger partial charge in [-0.1, -0.05) is 12.1 Å². The van der Waals surface area contributed by atoms with Crippen molar-refractivity contribution in [2.24, 2.45) is 17.8 Å². The van der Waals surface area contributed by atoms with Crippen LogP contribution < -0.4 is 4.74 Å². The van der Waals surface area contributed by atoms with Crippen molar-refractivity contribution in [3.05, 3.63) is 29.8 Å². The topological polar surface area (TPSA) is 55.8 Å². The fraction of sp³-hybridized carbons (Fsp3) is 0.650. The fourth-order valence-corrected chi connectivity index (χ4v) is 3.46. The van der Waals surface area contributed by atoms with Crippen LogP contribution in [0.1, 0.15) is 51.2 Å². The first-order valence-electron chi connectivity index (χ1n) is 9.36. The summed E-state index contributed by atoms with van der Waals surface area (Å²) in [5.41, 5.74) is 0.754. The third-order valence-electron chi connectivity index (χ3n) is 5.19. The molecule has 0 radical (unpaired) electrons. The predicted molar refractivity (Wildman–Crippen MR) is 94.6 cm³/mol. The van der Waals surface area contributed by atoms with Gasteiger partial charge in [-0.2, -0.15) is 13.2 Å². The highest BCUT2D eigenvalue weighted by Gasteiger charge is 2.41. The Morgan fingerprint density at radius 2 is 1.78 bits per heavy atom. The van der Waals surface area contributed by atoms with Crippen LogP contribution in [-0.2, 0) is 9.53 Å². The monoisotopic (exact) mass is 388 g/mol. The van der Waals surface area contributed by atoms with Gasteiger partial charge in [-0.05, 0) is 63.1 Å². The lowest BCUT2D eigenvalue weighted by atomic mass is 9.82. The van der Waals surface area contributed by atoms with Crippen LogP contribution in [0.2, 0.25) is 0 Å². The second kappa shape index (κ2) is 9.44. The van der Waals surface area contributed by atoms with Crippen molar-refractivity contribution < 1.29 is 32.5 Å². The Morgan fingerprint density at radius 3 is 2.26 bits per heavy atom. The molecule has 0 heterocycles. The zero-order valence-electron chi connectivity index (χ0n) is 15.7. The average molecular weight is 388 g/mol. The number of hydrogen-bond acceptors (Lipinski definition) is 3. The predicted octanol–water partition coefficient (Wildman–Crippen LogP) is 5.23. The summed E-state index contributed by atoms with van der Waals surface area (Å²) in [6, 6.07) is 7.04. The fourth-order valence-electron chi connectivity index (χ4n) is 3.46. The van der Waals surface area contributed by atoms with E-state index in [1.54, 1.807) is 31.2 Å². The molecule has 2 atom stereocenters. The van der Waals surface area contributed by atoms with Crippen molar-refractivity contribution >= 4 is 5.97 Å². The molecule has 1 fully saturated rings. The van der Waals surface area contributed by atoms with E-state index in [0.29, 0.717) is 31.8 Å². The standard InChI is InChI=1S/C20H27F3O4/c1-3-26-18(13(2)19(24)25)15-6-10-17(11-7-15)27-12-14-4-8-16(9-5-14)20(21,22)23/h6-7,10-11,13-14,16,18H,3-5,8-9,12H2,1-2H3,(H,24,25)/t13?,14-,16-,18-/m0/s1. The van der Waals surface area contributed by atoms with E-state index in [2.05, 4.69) is 0 Å². The number of halogens is 3. The summed E-state index contributed by atoms with van der Waals surface area (Å²) in [5, 5.41) is 9.22. The molecule has 0 aliphatic heterocycles. The summed E-state index contributed by atoms with van der Waals surface area (Å²) in [6.45, 7) is 4.21. The van der Waals surface area contributed by atoms with Gasteiger partial charge < -0.3 is 14.6 Å². The first-order chi connectivity index (χ1) is 12.7. The Kier molecular flexibility index (Phi) is 7.53. The Labute approximate surface area is 157 Å². The van der Waals surface area contributed by atoms with E-state index < -0.39 is 30.1 Å². The molecule has 0 saturated heterocycles. The number of benzene rings is 1. The molecule has 1 aromatic rings. The lowest BCUT2D eigenvalue weighted by Gasteiger charge is -2.29. The van der Waals surface area contributed by atoms with Gasteiger partial charge in [0, 0.05) is 6.61 Å². The molecule has 1 aromatic carbocycles. The van der Waals surface area contributed by atoms with Crippen LogP contribution in [0.5, 0.6) is 5.75 Å². The highest BCUT2D eigenvalue weighted by Crippen LogP contribution is 2.39. The number of rotatable bonds is 8. The first kappa shape index (κ1) is 21.5. The summed E-state index contributed by atoms with van der Waals surface area (Å²) in [5.74, 6) is -2.04. The van der Waals surface area contributed by atoms with Crippen molar-refractivity contribution in [2.75, 3.05) is 13.2 Å². The first-order valence-corrected chi connectivity index (χ1v) is 9.36. The van der Waals surface area contributed by atoms with E-state index >= 15 is 0 Å². The van der Waals surface area contributed by atoms with E-state index in [1.165, 1.54) is 0 Å². The van der Waals surface area contributed by atoms with Gasteiger partial charge in [-0.3, -0.25) is 4.79 Å². The summed E-state index contributed by atoms with van der Waals surface area (Å²) in [6.07, 6.45) is -3.26. The van der Waals surface area contributed by atoms with Crippen molar-refractivity contribution in [3.8, 4) is 5.75 Å². The van der Waals surface area contributed by atoms with E-state index in [4.69, 9.17) is 9.47 Å². The number of carbonyl (C=O) groups is 1. The van der Waals surface area contributed by atoms with Crippen LogP contribution in [-0.4, -0.2) is 30.5 Å². The lowest BCUT2D eigenvalue weighted by molar-refractivity contribution is -0.184. The van der Waals surface area contributed by atoms with Gasteiger partial charge in [-0.25, -0.2) is 0 Å². The second-order valence-corrected chi connectivity index (χ2v) is 7.14. The molecule has 2 rings (SSSR count). The average Bonchev–Trinajstić information content (AvgIpc) is 2.64. The van der Waals surface area contributed by atoms with Gasteiger partial charge in [0.2, 0.25) is 0 Å². The van der Waals surface area contributed by atoms with Gasteiger partial charge in [-0.15, -0.1) is 0 Å². The van der Waals surface area contributed by atoms with Crippen LogP contribution in [0.15, 0.2) is 24.3 Å². The SMILES string of the molecule is CCO[C@H](c1ccc(OC[C@H]2CC[C@H](C(F)(F)F)CC2)cc1)C(C)C(=O)O. The van der Waals surface area contributed by atoms with Gasteiger partial charge in [0.15, 0.2) is 0 Å². The Hall–Kier alpha value is -1.76. The number of ether oxygens (including phenoxy) is 2. The minimum atomic E-state index is -4.09. The number of aliphatic carboxylic acids is 1. The largest absolute Gasteiger partial charge is 0.493 e. The van der Waals surface area contributed by atoms with Gasteiger partial charge in [0.1, 0.15) is 5.75 Å². The molecule has 0 amide bonds. The van der Waals surface area contributed by atoms with Crippen LogP contribution in [0.4, 0.5) is 13.2 Å². The molecule has 0 bridgehead atoms. The van der Waals surface area contributed by atoms with Crippen molar-refractivity contribution in [1.29, 1.82) is 0 Å². The number of carboxylic acid groups (broad SMARTS) is 1.